The van der Waals surface area contributed by atoms with Crippen molar-refractivity contribution in [2.75, 3.05) is 0 Å². The standard InChI is InChI=1S/C15H9NO5/c17-15(18)10-6-2-1-5-9(10)13-11-7-3-4-8-12(11)21-14(13)16(19)20/h1-8H,(H,17,18). The van der Waals surface area contributed by atoms with Gasteiger partial charge in [-0.2, -0.15) is 0 Å². The minimum absolute atomic E-state index is 0.00727. The molecule has 0 radical (unpaired) electrons. The highest BCUT2D eigenvalue weighted by molar-refractivity contribution is 6.05. The molecule has 0 spiro atoms. The highest BCUT2D eigenvalue weighted by atomic mass is 16.6. The number of hydrogen-bond donors (Lipinski definition) is 1. The van der Waals surface area contributed by atoms with Crippen molar-refractivity contribution in [1.29, 1.82) is 0 Å². The van der Waals surface area contributed by atoms with Gasteiger partial charge in [-0.05, 0) is 12.1 Å². The second-order valence-corrected chi connectivity index (χ2v) is 4.39. The van der Waals surface area contributed by atoms with Crippen LogP contribution in [0.25, 0.3) is 22.1 Å². The van der Waals surface area contributed by atoms with E-state index in [9.17, 15) is 20.0 Å². The van der Waals surface area contributed by atoms with Crippen molar-refractivity contribution < 1.29 is 19.2 Å². The van der Waals surface area contributed by atoms with Gasteiger partial charge in [0.15, 0.2) is 0 Å². The predicted molar refractivity (Wildman–Crippen MR) is 75.3 cm³/mol. The van der Waals surface area contributed by atoms with E-state index in [0.29, 0.717) is 11.0 Å². The van der Waals surface area contributed by atoms with E-state index in [1.807, 2.05) is 0 Å². The molecule has 21 heavy (non-hydrogen) atoms. The molecular formula is C15H9NO5. The number of aromatic carboxylic acids is 1. The van der Waals surface area contributed by atoms with Crippen LogP contribution in [0.4, 0.5) is 5.88 Å². The fourth-order valence-electron chi connectivity index (χ4n) is 2.31. The number of para-hydroxylation sites is 1. The van der Waals surface area contributed by atoms with Crippen LogP contribution < -0.4 is 0 Å². The van der Waals surface area contributed by atoms with Crippen molar-refractivity contribution in [2.24, 2.45) is 0 Å². The molecule has 6 heteroatoms. The van der Waals surface area contributed by atoms with Gasteiger partial charge in [-0.25, -0.2) is 4.79 Å². The number of fused-ring (bicyclic) bond motifs is 1. The van der Waals surface area contributed by atoms with Crippen molar-refractivity contribution in [3.05, 3.63) is 64.2 Å². The fourth-order valence-corrected chi connectivity index (χ4v) is 2.31. The summed E-state index contributed by atoms with van der Waals surface area (Å²) in [6, 6.07) is 12.8. The average molecular weight is 283 g/mol. The number of furan rings is 1. The summed E-state index contributed by atoms with van der Waals surface area (Å²) in [5.74, 6) is -1.60. The van der Waals surface area contributed by atoms with Crippen molar-refractivity contribution in [3.63, 3.8) is 0 Å². The van der Waals surface area contributed by atoms with Crippen molar-refractivity contribution in [2.45, 2.75) is 0 Å². The average Bonchev–Trinajstić information content (AvgIpc) is 2.86. The molecular weight excluding hydrogens is 274 g/mol. The van der Waals surface area contributed by atoms with Crippen LogP contribution in [0.3, 0.4) is 0 Å². The molecule has 0 unspecified atom stereocenters. The third kappa shape index (κ3) is 2.02. The maximum Gasteiger partial charge on any atom is 0.442 e. The summed E-state index contributed by atoms with van der Waals surface area (Å²) in [6.45, 7) is 0. The summed E-state index contributed by atoms with van der Waals surface area (Å²) < 4.78 is 5.26. The molecule has 1 heterocycles. The number of nitrogens with zero attached hydrogens (tertiary/aromatic N) is 1. The van der Waals surface area contributed by atoms with E-state index in [1.165, 1.54) is 12.1 Å². The monoisotopic (exact) mass is 283 g/mol. The highest BCUT2D eigenvalue weighted by Gasteiger charge is 2.27. The smallest absolute Gasteiger partial charge is 0.442 e. The summed E-state index contributed by atoms with van der Waals surface area (Å²) in [6.07, 6.45) is 0. The second-order valence-electron chi connectivity index (χ2n) is 4.39. The Hall–Kier alpha value is -3.15. The third-order valence-corrected chi connectivity index (χ3v) is 3.17. The van der Waals surface area contributed by atoms with Gasteiger partial charge in [0.25, 0.3) is 0 Å². The van der Waals surface area contributed by atoms with Crippen molar-refractivity contribution >= 4 is 22.8 Å². The van der Waals surface area contributed by atoms with Gasteiger partial charge in [0.05, 0.1) is 5.56 Å². The first-order valence-corrected chi connectivity index (χ1v) is 6.08. The van der Waals surface area contributed by atoms with Gasteiger partial charge in [0.2, 0.25) is 0 Å². The molecule has 104 valence electrons. The molecule has 0 fully saturated rings. The SMILES string of the molecule is O=C(O)c1ccccc1-c1c([N+](=O)[O-])oc2ccccc12. The van der Waals surface area contributed by atoms with E-state index in [1.54, 1.807) is 36.4 Å². The molecule has 0 aliphatic rings. The largest absolute Gasteiger partial charge is 0.478 e. The Bertz CT molecular complexity index is 865. The molecule has 1 aromatic heterocycles. The van der Waals surface area contributed by atoms with E-state index in [2.05, 4.69) is 0 Å². The van der Waals surface area contributed by atoms with Crippen LogP contribution in [-0.4, -0.2) is 16.0 Å². The lowest BCUT2D eigenvalue weighted by Crippen LogP contribution is -2.00. The van der Waals surface area contributed by atoms with Gasteiger partial charge < -0.3 is 9.52 Å². The molecule has 0 amide bonds. The summed E-state index contributed by atoms with van der Waals surface area (Å²) in [5.41, 5.74) is 0.793. The molecule has 0 saturated carbocycles. The minimum Gasteiger partial charge on any atom is -0.478 e. The zero-order valence-corrected chi connectivity index (χ0v) is 10.6. The lowest BCUT2D eigenvalue weighted by Gasteiger charge is -2.03. The van der Waals surface area contributed by atoms with Gasteiger partial charge in [0.1, 0.15) is 16.1 Å². The van der Waals surface area contributed by atoms with E-state index < -0.39 is 16.8 Å². The molecule has 0 saturated heterocycles. The Morgan fingerprint density at radius 2 is 1.76 bits per heavy atom. The van der Waals surface area contributed by atoms with Crippen LogP contribution in [0.5, 0.6) is 0 Å². The topological polar surface area (TPSA) is 93.6 Å². The Morgan fingerprint density at radius 1 is 1.10 bits per heavy atom. The van der Waals surface area contributed by atoms with Crippen LogP contribution in [0.15, 0.2) is 52.9 Å². The predicted octanol–water partition coefficient (Wildman–Crippen LogP) is 3.71. The summed E-state index contributed by atoms with van der Waals surface area (Å²) in [5, 5.41) is 21.0. The maximum absolute atomic E-state index is 11.3. The first-order valence-electron chi connectivity index (χ1n) is 6.08. The first kappa shape index (κ1) is 12.9. The molecule has 0 aliphatic heterocycles. The molecule has 3 rings (SSSR count). The molecule has 3 aromatic rings. The van der Waals surface area contributed by atoms with Crippen LogP contribution in [-0.2, 0) is 0 Å². The van der Waals surface area contributed by atoms with Gasteiger partial charge in [-0.15, -0.1) is 0 Å². The van der Waals surface area contributed by atoms with Gasteiger partial charge in [-0.1, -0.05) is 36.4 Å². The Labute approximate surface area is 118 Å². The molecule has 0 aliphatic carbocycles. The lowest BCUT2D eigenvalue weighted by molar-refractivity contribution is -0.400. The van der Waals surface area contributed by atoms with Crippen LogP contribution >= 0.6 is 0 Å². The van der Waals surface area contributed by atoms with E-state index in [-0.39, 0.29) is 16.7 Å². The lowest BCUT2D eigenvalue weighted by atomic mass is 9.98. The maximum atomic E-state index is 11.3. The van der Waals surface area contributed by atoms with Gasteiger partial charge in [0, 0.05) is 10.9 Å². The Balaban J connectivity index is 2.42. The second kappa shape index (κ2) is 4.75. The summed E-state index contributed by atoms with van der Waals surface area (Å²) >= 11 is 0. The first-order chi connectivity index (χ1) is 10.1. The zero-order valence-electron chi connectivity index (χ0n) is 10.6. The zero-order chi connectivity index (χ0) is 15.0. The molecule has 0 atom stereocenters. The number of hydrogen-bond acceptors (Lipinski definition) is 4. The van der Waals surface area contributed by atoms with E-state index in [0.717, 1.165) is 0 Å². The summed E-state index contributed by atoms with van der Waals surface area (Å²) in [7, 11) is 0. The van der Waals surface area contributed by atoms with Crippen LogP contribution in [0.2, 0.25) is 0 Å². The van der Waals surface area contributed by atoms with Gasteiger partial charge in [-0.3, -0.25) is 10.1 Å². The number of carboxylic acids is 1. The molecule has 0 bridgehead atoms. The number of rotatable bonds is 3. The number of carbonyl (C=O) groups is 1. The van der Waals surface area contributed by atoms with Gasteiger partial charge >= 0.3 is 11.9 Å². The number of benzene rings is 2. The normalized spacial score (nSPS) is 10.7. The number of carboxylic acid groups (broad SMARTS) is 1. The molecule has 6 nitrogen and oxygen atoms in total. The highest BCUT2D eigenvalue weighted by Crippen LogP contribution is 2.40. The van der Waals surface area contributed by atoms with Crippen LogP contribution in [0.1, 0.15) is 10.4 Å². The molecule has 2 aromatic carbocycles. The van der Waals surface area contributed by atoms with Crippen molar-refractivity contribution in [1.82, 2.24) is 0 Å². The third-order valence-electron chi connectivity index (χ3n) is 3.17. The Kier molecular flexibility index (Phi) is 2.91. The van der Waals surface area contributed by atoms with Crippen LogP contribution in [0, 0.1) is 10.1 Å². The minimum atomic E-state index is -1.15. The Morgan fingerprint density at radius 3 is 2.48 bits per heavy atom. The summed E-state index contributed by atoms with van der Waals surface area (Å²) in [4.78, 5) is 21.9. The van der Waals surface area contributed by atoms with E-state index >= 15 is 0 Å². The number of nitro groups is 1. The quantitative estimate of drug-likeness (QED) is 0.584. The molecule has 1 N–H and O–H groups in total. The van der Waals surface area contributed by atoms with E-state index in [4.69, 9.17) is 4.42 Å². The fraction of sp³-hybridized carbons (Fsp3) is 0. The van der Waals surface area contributed by atoms with Crippen molar-refractivity contribution in [3.8, 4) is 11.1 Å².